The molecule has 0 bridgehead atoms. The van der Waals surface area contributed by atoms with Gasteiger partial charge < -0.3 is 25.0 Å². The lowest BCUT2D eigenvalue weighted by molar-refractivity contribution is -0.144. The number of rotatable bonds is 15. The molecule has 0 spiro atoms. The van der Waals surface area contributed by atoms with Gasteiger partial charge in [-0.1, -0.05) is 93.3 Å². The summed E-state index contributed by atoms with van der Waals surface area (Å²) in [5, 5.41) is 5.38. The average molecular weight is 568 g/mol. The second-order valence-corrected chi connectivity index (χ2v) is 10.9. The summed E-state index contributed by atoms with van der Waals surface area (Å²) in [7, 11) is 1.24. The summed E-state index contributed by atoms with van der Waals surface area (Å²) in [6, 6.07) is 16.3. The Morgan fingerprint density at radius 2 is 1.49 bits per heavy atom. The van der Waals surface area contributed by atoms with E-state index in [4.69, 9.17) is 4.74 Å². The van der Waals surface area contributed by atoms with E-state index in [9.17, 15) is 19.2 Å². The molecule has 0 aliphatic heterocycles. The molecule has 0 fully saturated rings. The number of carbonyl (C=O) groups is 4. The Hall–Kier alpha value is -3.88. The highest BCUT2D eigenvalue weighted by Crippen LogP contribution is 2.24. The molecular weight excluding hydrogens is 522 g/mol. The van der Waals surface area contributed by atoms with Crippen LogP contribution in [0.25, 0.3) is 0 Å². The van der Waals surface area contributed by atoms with Crippen molar-refractivity contribution in [1.29, 1.82) is 0 Å². The van der Waals surface area contributed by atoms with E-state index in [2.05, 4.69) is 22.3 Å². The third kappa shape index (κ3) is 12.0. The fraction of sp³-hybridized carbons (Fsp3) is 0.500. The highest BCUT2D eigenvalue weighted by Gasteiger charge is 2.36. The van der Waals surface area contributed by atoms with Crippen LogP contribution in [0.3, 0.4) is 0 Å². The first-order valence-corrected chi connectivity index (χ1v) is 14.3. The molecule has 3 amide bonds. The average Bonchev–Trinajstić information content (AvgIpc) is 2.94. The minimum absolute atomic E-state index is 0.205. The van der Waals surface area contributed by atoms with Crippen molar-refractivity contribution in [2.45, 2.75) is 83.9 Å². The van der Waals surface area contributed by atoms with Crippen molar-refractivity contribution in [1.82, 2.24) is 15.5 Å². The van der Waals surface area contributed by atoms with Crippen LogP contribution >= 0.6 is 0 Å². The second kappa shape index (κ2) is 17.0. The first kappa shape index (κ1) is 33.3. The van der Waals surface area contributed by atoms with Crippen molar-refractivity contribution in [3.05, 3.63) is 71.8 Å². The van der Waals surface area contributed by atoms with Crippen LogP contribution in [-0.2, 0) is 30.3 Å². The van der Waals surface area contributed by atoms with E-state index in [1.54, 1.807) is 45.0 Å². The van der Waals surface area contributed by atoms with Crippen LogP contribution in [-0.4, -0.2) is 60.6 Å². The van der Waals surface area contributed by atoms with E-state index in [1.165, 1.54) is 12.0 Å². The molecule has 2 N–H and O–H groups in total. The Morgan fingerprint density at radius 3 is 2.07 bits per heavy atom. The van der Waals surface area contributed by atoms with Crippen LogP contribution in [0.5, 0.6) is 0 Å². The molecule has 0 aliphatic carbocycles. The summed E-state index contributed by atoms with van der Waals surface area (Å²) in [6.07, 6.45) is 4.19. The fourth-order valence-corrected chi connectivity index (χ4v) is 4.39. The lowest BCUT2D eigenvalue weighted by Crippen LogP contribution is -2.54. The fourth-order valence-electron chi connectivity index (χ4n) is 4.39. The maximum absolute atomic E-state index is 14.4. The maximum Gasteiger partial charge on any atom is 0.408 e. The van der Waals surface area contributed by atoms with Crippen LogP contribution in [0.15, 0.2) is 60.7 Å². The van der Waals surface area contributed by atoms with Crippen LogP contribution in [0, 0.1) is 0 Å². The van der Waals surface area contributed by atoms with Crippen molar-refractivity contribution in [2.75, 3.05) is 20.2 Å². The van der Waals surface area contributed by atoms with E-state index >= 15 is 0 Å². The molecule has 0 aromatic heterocycles. The van der Waals surface area contributed by atoms with Crippen molar-refractivity contribution >= 4 is 23.9 Å². The standard InChI is InChI=1S/C32H45N3O6/c1-6-7-8-9-16-21-35(28(25-19-14-11-15-20-25)29(37)33-23-27(36)40-5)30(38)26(22-24-17-12-10-13-18-24)34-31(39)41-32(2,3)4/h10-15,17-20,26,28H,6-9,16,21-23H2,1-5H3,(H,33,37)(H,34,39). The number of esters is 1. The number of nitrogens with one attached hydrogen (secondary N) is 2. The van der Waals surface area contributed by atoms with Gasteiger partial charge in [0.2, 0.25) is 11.8 Å². The Bertz CT molecular complexity index is 1100. The van der Waals surface area contributed by atoms with E-state index in [0.717, 1.165) is 31.2 Å². The minimum atomic E-state index is -1.03. The Balaban J connectivity index is 2.49. The number of benzene rings is 2. The zero-order valence-electron chi connectivity index (χ0n) is 25.0. The van der Waals surface area contributed by atoms with E-state index in [1.807, 2.05) is 36.4 Å². The highest BCUT2D eigenvalue weighted by atomic mass is 16.6. The molecule has 0 radical (unpaired) electrons. The Labute approximate surface area is 244 Å². The number of methoxy groups -OCH3 is 1. The van der Waals surface area contributed by atoms with Crippen molar-refractivity contribution < 1.29 is 28.7 Å². The molecule has 2 aromatic rings. The monoisotopic (exact) mass is 567 g/mol. The van der Waals surface area contributed by atoms with Gasteiger partial charge in [0, 0.05) is 13.0 Å². The second-order valence-electron chi connectivity index (χ2n) is 10.9. The lowest BCUT2D eigenvalue weighted by atomic mass is 9.99. The molecule has 0 saturated carbocycles. The molecule has 224 valence electrons. The lowest BCUT2D eigenvalue weighted by Gasteiger charge is -2.34. The molecule has 2 unspecified atom stereocenters. The predicted octanol–water partition coefficient (Wildman–Crippen LogP) is 4.95. The number of hydrogen-bond acceptors (Lipinski definition) is 6. The van der Waals surface area contributed by atoms with Gasteiger partial charge in [0.1, 0.15) is 24.2 Å². The number of unbranched alkanes of at least 4 members (excludes halogenated alkanes) is 4. The van der Waals surface area contributed by atoms with Gasteiger partial charge in [0.15, 0.2) is 0 Å². The molecule has 0 saturated heterocycles. The van der Waals surface area contributed by atoms with Gasteiger partial charge in [-0.2, -0.15) is 0 Å². The first-order valence-electron chi connectivity index (χ1n) is 14.3. The van der Waals surface area contributed by atoms with Crippen LogP contribution < -0.4 is 10.6 Å². The van der Waals surface area contributed by atoms with Gasteiger partial charge in [0.25, 0.3) is 0 Å². The summed E-state index contributed by atoms with van der Waals surface area (Å²) in [4.78, 5) is 54.2. The zero-order chi connectivity index (χ0) is 30.3. The summed E-state index contributed by atoms with van der Waals surface area (Å²) in [5.41, 5.74) is 0.674. The van der Waals surface area contributed by atoms with E-state index < -0.39 is 41.6 Å². The molecule has 9 nitrogen and oxygen atoms in total. The summed E-state index contributed by atoms with van der Waals surface area (Å²) in [5.74, 6) is -1.53. The quantitative estimate of drug-likeness (QED) is 0.233. The van der Waals surface area contributed by atoms with Gasteiger partial charge in [-0.3, -0.25) is 14.4 Å². The molecule has 0 aliphatic rings. The summed E-state index contributed by atoms with van der Waals surface area (Å²) in [6.45, 7) is 7.33. The smallest absolute Gasteiger partial charge is 0.408 e. The Morgan fingerprint density at radius 1 is 0.878 bits per heavy atom. The number of alkyl carbamates (subject to hydrolysis) is 1. The first-order chi connectivity index (χ1) is 19.6. The minimum Gasteiger partial charge on any atom is -0.468 e. The van der Waals surface area contributed by atoms with Gasteiger partial charge >= 0.3 is 12.1 Å². The van der Waals surface area contributed by atoms with E-state index in [0.29, 0.717) is 12.0 Å². The molecule has 2 atom stereocenters. The van der Waals surface area contributed by atoms with Crippen molar-refractivity contribution in [3.63, 3.8) is 0 Å². The predicted molar refractivity (Wildman–Crippen MR) is 158 cm³/mol. The van der Waals surface area contributed by atoms with Crippen LogP contribution in [0.4, 0.5) is 4.79 Å². The molecule has 41 heavy (non-hydrogen) atoms. The Kier molecular flexibility index (Phi) is 13.9. The van der Waals surface area contributed by atoms with Crippen molar-refractivity contribution in [3.8, 4) is 0 Å². The largest absolute Gasteiger partial charge is 0.468 e. The number of nitrogens with zero attached hydrogens (tertiary/aromatic N) is 1. The van der Waals surface area contributed by atoms with Crippen LogP contribution in [0.2, 0.25) is 0 Å². The van der Waals surface area contributed by atoms with E-state index in [-0.39, 0.29) is 19.5 Å². The number of amides is 3. The topological polar surface area (TPSA) is 114 Å². The molecule has 0 heterocycles. The maximum atomic E-state index is 14.4. The van der Waals surface area contributed by atoms with Gasteiger partial charge in [-0.25, -0.2) is 4.79 Å². The highest BCUT2D eigenvalue weighted by molar-refractivity contribution is 5.93. The third-order valence-corrected chi connectivity index (χ3v) is 6.37. The van der Waals surface area contributed by atoms with Crippen molar-refractivity contribution in [2.24, 2.45) is 0 Å². The third-order valence-electron chi connectivity index (χ3n) is 6.37. The normalized spacial score (nSPS) is 12.5. The summed E-state index contributed by atoms with van der Waals surface area (Å²) < 4.78 is 10.2. The number of carbonyl (C=O) groups excluding carboxylic acids is 4. The molecular formula is C32H45N3O6. The number of ether oxygens (including phenoxy) is 2. The molecule has 2 rings (SSSR count). The van der Waals surface area contributed by atoms with Crippen LogP contribution in [0.1, 0.15) is 77.0 Å². The summed E-state index contributed by atoms with van der Waals surface area (Å²) >= 11 is 0. The van der Waals surface area contributed by atoms with Gasteiger partial charge in [-0.05, 0) is 38.3 Å². The molecule has 9 heteroatoms. The number of hydrogen-bond donors (Lipinski definition) is 2. The SMILES string of the molecule is CCCCCCCN(C(=O)C(Cc1ccccc1)NC(=O)OC(C)(C)C)C(C(=O)NCC(=O)OC)c1ccccc1. The molecule has 2 aromatic carbocycles. The van der Waals surface area contributed by atoms with Gasteiger partial charge in [0.05, 0.1) is 7.11 Å². The van der Waals surface area contributed by atoms with Gasteiger partial charge in [-0.15, -0.1) is 0 Å². The zero-order valence-corrected chi connectivity index (χ0v) is 25.0.